The van der Waals surface area contributed by atoms with Crippen LogP contribution in [-0.2, 0) is 0 Å². The summed E-state index contributed by atoms with van der Waals surface area (Å²) >= 11 is 0. The number of hydrogen-bond acceptors (Lipinski definition) is 3. The van der Waals surface area contributed by atoms with E-state index in [2.05, 4.69) is 29.1 Å². The Labute approximate surface area is 85.0 Å². The van der Waals surface area contributed by atoms with Gasteiger partial charge in [0.1, 0.15) is 0 Å². The van der Waals surface area contributed by atoms with Crippen molar-refractivity contribution >= 4 is 0 Å². The van der Waals surface area contributed by atoms with E-state index in [0.717, 1.165) is 12.2 Å². The van der Waals surface area contributed by atoms with Gasteiger partial charge in [-0.25, -0.2) is 0 Å². The molecular weight excluding hydrogens is 174 g/mol. The molecule has 76 valence electrons. The standard InChI is InChI=1S/C11H17N3/c1-3-13-10-6-9(8(10)2)11-7-12-4-5-14-11/h4-5,7-10,13H,3,6H2,1-2H3. The third-order valence-corrected chi connectivity index (χ3v) is 3.21. The van der Waals surface area contributed by atoms with Crippen molar-refractivity contribution in [2.75, 3.05) is 6.54 Å². The molecule has 1 aromatic rings. The first-order valence-corrected chi connectivity index (χ1v) is 5.32. The van der Waals surface area contributed by atoms with Crippen LogP contribution in [0.25, 0.3) is 0 Å². The van der Waals surface area contributed by atoms with E-state index in [1.54, 1.807) is 12.4 Å². The summed E-state index contributed by atoms with van der Waals surface area (Å²) in [5.74, 6) is 1.29. The first-order valence-electron chi connectivity index (χ1n) is 5.32. The van der Waals surface area contributed by atoms with Crippen LogP contribution in [0.2, 0.25) is 0 Å². The average Bonchev–Trinajstić information content (AvgIpc) is 2.24. The van der Waals surface area contributed by atoms with E-state index in [0.29, 0.717) is 17.9 Å². The molecule has 1 aromatic heterocycles. The summed E-state index contributed by atoms with van der Waals surface area (Å²) in [5, 5.41) is 3.48. The molecular formula is C11H17N3. The van der Waals surface area contributed by atoms with E-state index < -0.39 is 0 Å². The van der Waals surface area contributed by atoms with Gasteiger partial charge in [0.25, 0.3) is 0 Å². The van der Waals surface area contributed by atoms with Crippen molar-refractivity contribution in [3.8, 4) is 0 Å². The molecule has 0 aromatic carbocycles. The zero-order chi connectivity index (χ0) is 9.97. The van der Waals surface area contributed by atoms with Gasteiger partial charge in [0.05, 0.1) is 5.69 Å². The second-order valence-electron chi connectivity index (χ2n) is 4.00. The van der Waals surface area contributed by atoms with Crippen molar-refractivity contribution in [1.29, 1.82) is 0 Å². The van der Waals surface area contributed by atoms with E-state index in [-0.39, 0.29) is 0 Å². The number of nitrogens with one attached hydrogen (secondary N) is 1. The van der Waals surface area contributed by atoms with Gasteiger partial charge in [0.2, 0.25) is 0 Å². The summed E-state index contributed by atoms with van der Waals surface area (Å²) in [5.41, 5.74) is 1.15. The van der Waals surface area contributed by atoms with Gasteiger partial charge in [-0.05, 0) is 18.9 Å². The quantitative estimate of drug-likeness (QED) is 0.788. The second-order valence-corrected chi connectivity index (χ2v) is 4.00. The highest BCUT2D eigenvalue weighted by molar-refractivity contribution is 5.13. The van der Waals surface area contributed by atoms with Gasteiger partial charge in [-0.1, -0.05) is 13.8 Å². The van der Waals surface area contributed by atoms with Gasteiger partial charge in [0.15, 0.2) is 0 Å². The lowest BCUT2D eigenvalue weighted by Gasteiger charge is -2.42. The summed E-state index contributed by atoms with van der Waals surface area (Å²) in [6.45, 7) is 5.50. The van der Waals surface area contributed by atoms with Gasteiger partial charge in [-0.15, -0.1) is 0 Å². The molecule has 1 fully saturated rings. The van der Waals surface area contributed by atoms with Crippen LogP contribution in [0.4, 0.5) is 0 Å². The number of hydrogen-bond donors (Lipinski definition) is 1. The van der Waals surface area contributed by atoms with Gasteiger partial charge in [-0.2, -0.15) is 0 Å². The molecule has 0 amide bonds. The van der Waals surface area contributed by atoms with E-state index >= 15 is 0 Å². The maximum Gasteiger partial charge on any atom is 0.0621 e. The van der Waals surface area contributed by atoms with E-state index in [1.165, 1.54) is 6.42 Å². The molecule has 0 bridgehead atoms. The molecule has 3 nitrogen and oxygen atoms in total. The highest BCUT2D eigenvalue weighted by Crippen LogP contribution is 2.41. The molecule has 14 heavy (non-hydrogen) atoms. The predicted octanol–water partition coefficient (Wildman–Crippen LogP) is 1.58. The maximum atomic E-state index is 4.36. The number of nitrogens with zero attached hydrogens (tertiary/aromatic N) is 2. The van der Waals surface area contributed by atoms with Gasteiger partial charge in [0, 0.05) is 30.6 Å². The third-order valence-electron chi connectivity index (χ3n) is 3.21. The molecule has 2 rings (SSSR count). The van der Waals surface area contributed by atoms with Crippen LogP contribution in [0.1, 0.15) is 31.9 Å². The molecule has 0 saturated heterocycles. The summed E-state index contributed by atoms with van der Waals surface area (Å²) in [7, 11) is 0. The summed E-state index contributed by atoms with van der Waals surface area (Å²) < 4.78 is 0. The fraction of sp³-hybridized carbons (Fsp3) is 0.636. The number of rotatable bonds is 3. The predicted molar refractivity (Wildman–Crippen MR) is 56.0 cm³/mol. The lowest BCUT2D eigenvalue weighted by Crippen LogP contribution is -2.47. The Morgan fingerprint density at radius 2 is 2.36 bits per heavy atom. The molecule has 3 atom stereocenters. The summed E-state index contributed by atoms with van der Waals surface area (Å²) in [4.78, 5) is 8.47. The minimum atomic E-state index is 0.604. The monoisotopic (exact) mass is 191 g/mol. The minimum Gasteiger partial charge on any atom is -0.314 e. The average molecular weight is 191 g/mol. The van der Waals surface area contributed by atoms with E-state index in [1.807, 2.05) is 6.20 Å². The van der Waals surface area contributed by atoms with Crippen molar-refractivity contribution in [1.82, 2.24) is 15.3 Å². The zero-order valence-electron chi connectivity index (χ0n) is 8.77. The van der Waals surface area contributed by atoms with Crippen molar-refractivity contribution in [3.63, 3.8) is 0 Å². The Morgan fingerprint density at radius 1 is 1.50 bits per heavy atom. The molecule has 0 aliphatic heterocycles. The normalized spacial score (nSPS) is 31.1. The zero-order valence-corrected chi connectivity index (χ0v) is 8.77. The second kappa shape index (κ2) is 4.05. The molecule has 1 aliphatic carbocycles. The summed E-state index contributed by atoms with van der Waals surface area (Å²) in [6, 6.07) is 0.673. The van der Waals surface area contributed by atoms with Crippen molar-refractivity contribution < 1.29 is 0 Å². The molecule has 3 heteroatoms. The Hall–Kier alpha value is -0.960. The third kappa shape index (κ3) is 1.64. The maximum absolute atomic E-state index is 4.36. The highest BCUT2D eigenvalue weighted by Gasteiger charge is 2.38. The largest absolute Gasteiger partial charge is 0.314 e. The highest BCUT2D eigenvalue weighted by atomic mass is 14.9. The first-order chi connectivity index (χ1) is 6.83. The van der Waals surface area contributed by atoms with E-state index in [9.17, 15) is 0 Å². The van der Waals surface area contributed by atoms with Crippen molar-refractivity contribution in [2.45, 2.75) is 32.2 Å². The topological polar surface area (TPSA) is 37.8 Å². The van der Waals surface area contributed by atoms with E-state index in [4.69, 9.17) is 0 Å². The molecule has 1 heterocycles. The minimum absolute atomic E-state index is 0.604. The van der Waals surface area contributed by atoms with Crippen LogP contribution in [0.15, 0.2) is 18.6 Å². The van der Waals surface area contributed by atoms with Crippen molar-refractivity contribution in [2.24, 2.45) is 5.92 Å². The van der Waals surface area contributed by atoms with Gasteiger partial charge in [-0.3, -0.25) is 9.97 Å². The van der Waals surface area contributed by atoms with Gasteiger partial charge < -0.3 is 5.32 Å². The first kappa shape index (κ1) is 9.59. The van der Waals surface area contributed by atoms with Crippen LogP contribution >= 0.6 is 0 Å². The summed E-state index contributed by atoms with van der Waals surface area (Å²) in [6.07, 6.45) is 6.61. The van der Waals surface area contributed by atoms with Crippen LogP contribution in [0.3, 0.4) is 0 Å². The molecule has 0 radical (unpaired) electrons. The SMILES string of the molecule is CCNC1CC(c2cnccn2)C1C. The smallest absolute Gasteiger partial charge is 0.0621 e. The fourth-order valence-corrected chi connectivity index (χ4v) is 2.21. The lowest BCUT2D eigenvalue weighted by molar-refractivity contribution is 0.183. The van der Waals surface area contributed by atoms with Crippen molar-refractivity contribution in [3.05, 3.63) is 24.3 Å². The Morgan fingerprint density at radius 3 is 2.93 bits per heavy atom. The molecule has 1 saturated carbocycles. The van der Waals surface area contributed by atoms with Crippen LogP contribution in [0.5, 0.6) is 0 Å². The molecule has 3 unspecified atom stereocenters. The van der Waals surface area contributed by atoms with Crippen LogP contribution in [0, 0.1) is 5.92 Å². The Bertz CT molecular complexity index is 286. The molecule has 0 spiro atoms. The van der Waals surface area contributed by atoms with Crippen LogP contribution in [-0.4, -0.2) is 22.6 Å². The Balaban J connectivity index is 1.98. The fourth-order valence-electron chi connectivity index (χ4n) is 2.21. The van der Waals surface area contributed by atoms with Crippen LogP contribution < -0.4 is 5.32 Å². The molecule has 1 aliphatic rings. The Kier molecular flexibility index (Phi) is 2.77. The molecule has 1 N–H and O–H groups in total. The lowest BCUT2D eigenvalue weighted by atomic mass is 9.69. The number of aromatic nitrogens is 2. The van der Waals surface area contributed by atoms with Gasteiger partial charge >= 0.3 is 0 Å².